The van der Waals surface area contributed by atoms with Crippen LogP contribution in [-0.4, -0.2) is 21.8 Å². The van der Waals surface area contributed by atoms with Crippen LogP contribution >= 0.6 is 0 Å². The van der Waals surface area contributed by atoms with Crippen molar-refractivity contribution in [2.24, 2.45) is 0 Å². The van der Waals surface area contributed by atoms with Gasteiger partial charge in [-0.15, -0.1) is 0 Å². The number of amides is 1. The number of anilines is 1. The van der Waals surface area contributed by atoms with Gasteiger partial charge in [-0.05, 0) is 11.5 Å². The van der Waals surface area contributed by atoms with Crippen molar-refractivity contribution in [1.82, 2.24) is 4.72 Å². The maximum atomic E-state index is 11.1. The summed E-state index contributed by atoms with van der Waals surface area (Å²) in [5, 5.41) is 1.92. The molecule has 2 aromatic carbocycles. The predicted octanol–water partition coefficient (Wildman–Crippen LogP) is 1.49. The van der Waals surface area contributed by atoms with Gasteiger partial charge >= 0.3 is 0 Å². The molecule has 0 aromatic heterocycles. The number of hydrogen-bond donors (Lipinski definition) is 2. The van der Waals surface area contributed by atoms with Crippen molar-refractivity contribution in [2.45, 2.75) is 0 Å². The number of carbonyl (C=O) groups excluding carboxylic acids is 1. The summed E-state index contributed by atoms with van der Waals surface area (Å²) in [4.78, 5) is 12.4. The van der Waals surface area contributed by atoms with Gasteiger partial charge in [0, 0.05) is 5.39 Å². The van der Waals surface area contributed by atoms with Gasteiger partial charge in [-0.2, -0.15) is 4.72 Å². The normalized spacial score (nSPS) is 12.3. The van der Waals surface area contributed by atoms with Crippen LogP contribution in [0.4, 0.5) is 5.69 Å². The van der Waals surface area contributed by atoms with Gasteiger partial charge in [0.1, 0.15) is 0 Å². The molecule has 0 aliphatic rings. The van der Waals surface area contributed by atoms with Gasteiger partial charge in [-0.25, -0.2) is 4.21 Å². The van der Waals surface area contributed by atoms with Crippen LogP contribution in [0.25, 0.3) is 10.8 Å². The van der Waals surface area contributed by atoms with Crippen LogP contribution in [0.3, 0.4) is 0 Å². The molecule has 18 heavy (non-hydrogen) atoms. The maximum absolute atomic E-state index is 11.1. The summed E-state index contributed by atoms with van der Waals surface area (Å²) in [5.74, 6) is 0. The molecule has 0 spiro atoms. The second-order valence-corrected chi connectivity index (χ2v) is 4.41. The minimum absolute atomic E-state index is 0.0272. The smallest absolute Gasteiger partial charge is 0.233 e. The Balaban J connectivity index is 2.38. The standard InChI is InChI=1S/C12H12N2O3S/c15-9-14(8-13-18(16)17)12-7-3-5-10-4-1-2-6-11(10)12/h1-7,9,13H,8H2,(H,16,17). The van der Waals surface area contributed by atoms with Gasteiger partial charge in [0.15, 0.2) is 0 Å². The van der Waals surface area contributed by atoms with Crippen LogP contribution in [0.2, 0.25) is 0 Å². The quantitative estimate of drug-likeness (QED) is 0.488. The number of fused-ring (bicyclic) bond motifs is 1. The third-order valence-corrected chi connectivity index (χ3v) is 2.94. The van der Waals surface area contributed by atoms with Crippen molar-refractivity contribution in [1.29, 1.82) is 0 Å². The highest BCUT2D eigenvalue weighted by atomic mass is 32.2. The molecule has 1 atom stereocenters. The Bertz CT molecular complexity index is 583. The highest BCUT2D eigenvalue weighted by Crippen LogP contribution is 2.25. The minimum atomic E-state index is -2.15. The monoisotopic (exact) mass is 264 g/mol. The molecular formula is C12H12N2O3S. The molecule has 0 heterocycles. The lowest BCUT2D eigenvalue weighted by Gasteiger charge is -2.18. The topological polar surface area (TPSA) is 69.6 Å². The SMILES string of the molecule is O=CN(CNS(=O)O)c1cccc2ccccc12. The summed E-state index contributed by atoms with van der Waals surface area (Å²) >= 11 is -2.15. The number of hydrogen-bond acceptors (Lipinski definition) is 2. The molecule has 0 radical (unpaired) electrons. The Hall–Kier alpha value is -1.76. The fourth-order valence-electron chi connectivity index (χ4n) is 1.76. The zero-order valence-corrected chi connectivity index (χ0v) is 10.3. The molecule has 0 fully saturated rings. The van der Waals surface area contributed by atoms with Gasteiger partial charge in [-0.1, -0.05) is 36.4 Å². The molecular weight excluding hydrogens is 252 g/mol. The van der Waals surface area contributed by atoms with E-state index in [1.807, 2.05) is 36.4 Å². The summed E-state index contributed by atoms with van der Waals surface area (Å²) < 4.78 is 21.5. The third-order valence-electron chi connectivity index (χ3n) is 2.56. The molecule has 0 saturated heterocycles. The Labute approximate surface area is 107 Å². The molecule has 5 nitrogen and oxygen atoms in total. The zero-order chi connectivity index (χ0) is 13.0. The molecule has 1 amide bonds. The Morgan fingerprint density at radius 2 is 1.94 bits per heavy atom. The van der Waals surface area contributed by atoms with Gasteiger partial charge < -0.3 is 4.90 Å². The van der Waals surface area contributed by atoms with Crippen LogP contribution in [-0.2, 0) is 16.1 Å². The Kier molecular flexibility index (Phi) is 4.03. The number of nitrogens with zero attached hydrogens (tertiary/aromatic N) is 1. The van der Waals surface area contributed by atoms with E-state index in [0.717, 1.165) is 10.8 Å². The first-order valence-electron chi connectivity index (χ1n) is 5.26. The van der Waals surface area contributed by atoms with Crippen molar-refractivity contribution < 1.29 is 13.6 Å². The van der Waals surface area contributed by atoms with Crippen molar-refractivity contribution in [3.63, 3.8) is 0 Å². The van der Waals surface area contributed by atoms with Crippen LogP contribution in [0.1, 0.15) is 0 Å². The molecule has 0 aliphatic carbocycles. The van der Waals surface area contributed by atoms with Crippen molar-refractivity contribution in [3.8, 4) is 0 Å². The molecule has 0 saturated carbocycles. The van der Waals surface area contributed by atoms with E-state index in [9.17, 15) is 9.00 Å². The number of benzene rings is 2. The fourth-order valence-corrected chi connectivity index (χ4v) is 2.01. The second-order valence-electron chi connectivity index (χ2n) is 3.63. The molecule has 2 rings (SSSR count). The lowest BCUT2D eigenvalue weighted by Crippen LogP contribution is -2.34. The third kappa shape index (κ3) is 2.73. The number of carbonyl (C=O) groups is 1. The van der Waals surface area contributed by atoms with Gasteiger partial charge in [0.2, 0.25) is 17.7 Å². The maximum Gasteiger partial charge on any atom is 0.233 e. The van der Waals surface area contributed by atoms with Crippen molar-refractivity contribution in [3.05, 3.63) is 42.5 Å². The van der Waals surface area contributed by atoms with Gasteiger partial charge in [0.25, 0.3) is 0 Å². The lowest BCUT2D eigenvalue weighted by atomic mass is 10.1. The highest BCUT2D eigenvalue weighted by Gasteiger charge is 2.09. The van der Waals surface area contributed by atoms with Crippen LogP contribution in [0, 0.1) is 0 Å². The largest absolute Gasteiger partial charge is 0.300 e. The first-order chi connectivity index (χ1) is 8.72. The van der Waals surface area contributed by atoms with E-state index in [4.69, 9.17) is 4.55 Å². The number of rotatable bonds is 5. The predicted molar refractivity (Wildman–Crippen MR) is 71.3 cm³/mol. The van der Waals surface area contributed by atoms with Crippen LogP contribution in [0.15, 0.2) is 42.5 Å². The van der Waals surface area contributed by atoms with E-state index >= 15 is 0 Å². The van der Waals surface area contributed by atoms with Crippen molar-refractivity contribution in [2.75, 3.05) is 11.6 Å². The molecule has 94 valence electrons. The molecule has 2 aromatic rings. The number of nitrogens with one attached hydrogen (secondary N) is 1. The van der Waals surface area contributed by atoms with E-state index in [1.54, 1.807) is 6.07 Å². The van der Waals surface area contributed by atoms with Gasteiger partial charge in [-0.3, -0.25) is 9.35 Å². The minimum Gasteiger partial charge on any atom is -0.300 e. The zero-order valence-electron chi connectivity index (χ0n) is 9.45. The molecule has 0 bridgehead atoms. The summed E-state index contributed by atoms with van der Waals surface area (Å²) in [6.07, 6.45) is 0.627. The van der Waals surface area contributed by atoms with E-state index in [2.05, 4.69) is 4.72 Å². The van der Waals surface area contributed by atoms with E-state index in [-0.39, 0.29) is 6.67 Å². The molecule has 6 heteroatoms. The average Bonchev–Trinajstić information content (AvgIpc) is 2.39. The fraction of sp³-hybridized carbons (Fsp3) is 0.0833. The summed E-state index contributed by atoms with van der Waals surface area (Å²) in [5.41, 5.74) is 0.695. The molecule has 1 unspecified atom stereocenters. The van der Waals surface area contributed by atoms with E-state index < -0.39 is 11.3 Å². The molecule has 0 aliphatic heterocycles. The molecule has 2 N–H and O–H groups in total. The second kappa shape index (κ2) is 5.72. The van der Waals surface area contributed by atoms with E-state index in [0.29, 0.717) is 12.1 Å². The average molecular weight is 264 g/mol. The van der Waals surface area contributed by atoms with Crippen molar-refractivity contribution >= 4 is 34.1 Å². The highest BCUT2D eigenvalue weighted by molar-refractivity contribution is 7.77. The first kappa shape index (κ1) is 12.7. The lowest BCUT2D eigenvalue weighted by molar-refractivity contribution is -0.107. The van der Waals surface area contributed by atoms with Crippen LogP contribution < -0.4 is 9.62 Å². The summed E-state index contributed by atoms with van der Waals surface area (Å²) in [6.45, 7) is -0.0272. The Morgan fingerprint density at radius 1 is 1.22 bits per heavy atom. The van der Waals surface area contributed by atoms with Gasteiger partial charge in [0.05, 0.1) is 12.4 Å². The summed E-state index contributed by atoms with van der Waals surface area (Å²) in [6, 6.07) is 13.2. The van der Waals surface area contributed by atoms with E-state index in [1.165, 1.54) is 4.90 Å². The summed E-state index contributed by atoms with van der Waals surface area (Å²) in [7, 11) is 0. The Morgan fingerprint density at radius 3 is 2.67 bits per heavy atom. The van der Waals surface area contributed by atoms with Crippen LogP contribution in [0.5, 0.6) is 0 Å². The first-order valence-corrected chi connectivity index (χ1v) is 6.37.